The topological polar surface area (TPSA) is 254 Å². The van der Waals surface area contributed by atoms with E-state index in [1.807, 2.05) is 4.57 Å². The standard InChI is InChI=1S/C11H15N5O3P.C10H14N5O5P/c1-20(17)4-8-18-3-7(19-8)2-16-6-15-9-10(12)13-5-14-11(9)16;11-9-8-10(13-4-12-9)15(5-14-8)1-6-2-19-7(20-6)3-21(16,17)18/h5-8H,2-4H2,1H3,(H2,12,13,14);4-7H,1-3H2,(H2,11,12,13)(H2,16,17,18)/q+1;/p-1. The molecule has 220 valence electrons. The van der Waals surface area contributed by atoms with Crippen LogP contribution in [0.1, 0.15) is 0 Å². The molecule has 0 radical (unpaired) electrons. The summed E-state index contributed by atoms with van der Waals surface area (Å²) in [5.41, 5.74) is 13.7. The average molecular weight is 610 g/mol. The summed E-state index contributed by atoms with van der Waals surface area (Å²) in [5.74, 6) is 0.644. The first kappa shape index (κ1) is 29.3. The maximum absolute atomic E-state index is 11.2. The zero-order valence-electron chi connectivity index (χ0n) is 21.8. The van der Waals surface area contributed by atoms with Gasteiger partial charge < -0.3 is 53.9 Å². The maximum Gasteiger partial charge on any atom is 0.340 e. The molecule has 4 aromatic heterocycles. The van der Waals surface area contributed by atoms with E-state index in [-0.39, 0.29) is 30.9 Å². The Morgan fingerprint density at radius 3 is 1.90 bits per heavy atom. The SMILES string of the molecule is C[P+](=O)CC1OCC(Cn2cnc3c(N)ncnc32)O1.Nc1ncnc2c1ncn2CC1COC(CP(=O)([O-])O)O1. The zero-order valence-corrected chi connectivity index (χ0v) is 23.6. The highest BCUT2D eigenvalue weighted by Crippen LogP contribution is 2.33. The fraction of sp³-hybridized carbons (Fsp3) is 0.524. The summed E-state index contributed by atoms with van der Waals surface area (Å²) in [6.45, 7) is 3.28. The molecule has 0 amide bonds. The van der Waals surface area contributed by atoms with E-state index in [9.17, 15) is 14.0 Å². The highest BCUT2D eigenvalue weighted by Gasteiger charge is 2.31. The van der Waals surface area contributed by atoms with E-state index >= 15 is 0 Å². The summed E-state index contributed by atoms with van der Waals surface area (Å²) >= 11 is 0. The molecule has 2 aliphatic rings. The van der Waals surface area contributed by atoms with E-state index in [1.165, 1.54) is 12.7 Å². The van der Waals surface area contributed by atoms with Crippen LogP contribution in [0.4, 0.5) is 11.6 Å². The van der Waals surface area contributed by atoms with Crippen LogP contribution in [0.2, 0.25) is 0 Å². The third-order valence-electron chi connectivity index (χ3n) is 6.07. The molecule has 5 N–H and O–H groups in total. The lowest BCUT2D eigenvalue weighted by atomic mass is 10.4. The van der Waals surface area contributed by atoms with Gasteiger partial charge in [0.05, 0.1) is 45.1 Å². The van der Waals surface area contributed by atoms with Crippen LogP contribution in [0.15, 0.2) is 25.3 Å². The number of ether oxygens (including phenoxy) is 4. The molecule has 2 fully saturated rings. The Kier molecular flexibility index (Phi) is 8.82. The summed E-state index contributed by atoms with van der Waals surface area (Å²) in [5, 5.41) is 0. The van der Waals surface area contributed by atoms with Crippen LogP contribution in [0, 0.1) is 0 Å². The van der Waals surface area contributed by atoms with Crippen molar-refractivity contribution in [1.29, 1.82) is 0 Å². The second-order valence-electron chi connectivity index (χ2n) is 9.33. The zero-order chi connectivity index (χ0) is 29.1. The van der Waals surface area contributed by atoms with Gasteiger partial charge in [0.2, 0.25) is 6.29 Å². The Morgan fingerprint density at radius 2 is 1.41 bits per heavy atom. The number of aromatic nitrogens is 8. The lowest BCUT2D eigenvalue weighted by Gasteiger charge is -2.19. The number of imidazole rings is 2. The number of nitrogen functional groups attached to an aromatic ring is 2. The van der Waals surface area contributed by atoms with Crippen LogP contribution in [-0.4, -0.2) is 101 Å². The Hall–Kier alpha value is -3.21. The fourth-order valence-electron chi connectivity index (χ4n) is 4.30. The van der Waals surface area contributed by atoms with Gasteiger partial charge in [-0.05, 0) is 0 Å². The van der Waals surface area contributed by atoms with Gasteiger partial charge in [0, 0.05) is 0 Å². The number of nitrogens with zero attached hydrogens (tertiary/aromatic N) is 8. The third kappa shape index (κ3) is 7.36. The molecule has 4 aromatic rings. The van der Waals surface area contributed by atoms with Crippen molar-refractivity contribution in [2.45, 2.75) is 37.9 Å². The fourth-order valence-corrected chi connectivity index (χ4v) is 5.48. The van der Waals surface area contributed by atoms with Gasteiger partial charge in [0.15, 0.2) is 35.4 Å². The molecule has 41 heavy (non-hydrogen) atoms. The molecular formula is C21H28N10O8P2. The van der Waals surface area contributed by atoms with Crippen molar-refractivity contribution in [2.75, 3.05) is 43.7 Å². The maximum atomic E-state index is 11.2. The summed E-state index contributed by atoms with van der Waals surface area (Å²) in [6, 6.07) is 0. The summed E-state index contributed by atoms with van der Waals surface area (Å²) < 4.78 is 47.3. The number of hydrogen-bond acceptors (Lipinski definition) is 15. The van der Waals surface area contributed by atoms with Gasteiger partial charge in [-0.25, -0.2) is 29.9 Å². The number of nitrogens with two attached hydrogens (primary N) is 2. The minimum absolute atomic E-state index is 0.108. The molecule has 18 nitrogen and oxygen atoms in total. The molecule has 0 aliphatic carbocycles. The smallest absolute Gasteiger partial charge is 0.340 e. The predicted octanol–water partition coefficient (Wildman–Crippen LogP) is -0.697. The van der Waals surface area contributed by atoms with Crippen molar-refractivity contribution < 1.29 is 37.9 Å². The van der Waals surface area contributed by atoms with Crippen molar-refractivity contribution in [3.05, 3.63) is 25.3 Å². The van der Waals surface area contributed by atoms with Crippen LogP contribution in [0.5, 0.6) is 0 Å². The average Bonchev–Trinajstić information content (AvgIpc) is 3.69. The van der Waals surface area contributed by atoms with E-state index in [4.69, 9.17) is 35.3 Å². The molecule has 0 aromatic carbocycles. The molecule has 0 bridgehead atoms. The first-order valence-corrected chi connectivity index (χ1v) is 16.0. The second kappa shape index (κ2) is 12.3. The molecule has 0 spiro atoms. The largest absolute Gasteiger partial charge is 0.778 e. The van der Waals surface area contributed by atoms with Gasteiger partial charge in [-0.2, -0.15) is 0 Å². The van der Waals surface area contributed by atoms with E-state index in [0.717, 1.165) is 0 Å². The molecule has 2 aliphatic heterocycles. The summed E-state index contributed by atoms with van der Waals surface area (Å²) in [4.78, 5) is 43.9. The molecule has 6 unspecified atom stereocenters. The number of hydrogen-bond donors (Lipinski definition) is 3. The Bertz CT molecular complexity index is 1580. The van der Waals surface area contributed by atoms with E-state index in [0.29, 0.717) is 54.0 Å². The molecule has 6 atom stereocenters. The van der Waals surface area contributed by atoms with E-state index < -0.39 is 27.8 Å². The van der Waals surface area contributed by atoms with E-state index in [1.54, 1.807) is 23.9 Å². The lowest BCUT2D eigenvalue weighted by molar-refractivity contribution is -0.197. The van der Waals surface area contributed by atoms with Gasteiger partial charge in [-0.1, -0.05) is 4.57 Å². The first-order chi connectivity index (χ1) is 19.6. The Balaban J connectivity index is 0.000000165. The third-order valence-corrected chi connectivity index (χ3v) is 7.64. The summed E-state index contributed by atoms with van der Waals surface area (Å²) in [7, 11) is -5.68. The van der Waals surface area contributed by atoms with Crippen molar-refractivity contribution in [3.63, 3.8) is 0 Å². The molecule has 2 saturated heterocycles. The van der Waals surface area contributed by atoms with Crippen molar-refractivity contribution in [1.82, 2.24) is 39.0 Å². The van der Waals surface area contributed by atoms with Gasteiger partial charge in [-0.3, -0.25) is 0 Å². The van der Waals surface area contributed by atoms with E-state index in [2.05, 4.69) is 29.9 Å². The lowest BCUT2D eigenvalue weighted by Crippen LogP contribution is -2.22. The van der Waals surface area contributed by atoms with Crippen LogP contribution in [0.25, 0.3) is 22.3 Å². The van der Waals surface area contributed by atoms with Gasteiger partial charge >= 0.3 is 7.80 Å². The van der Waals surface area contributed by atoms with Crippen molar-refractivity contribution in [3.8, 4) is 0 Å². The highest BCUT2D eigenvalue weighted by molar-refractivity contribution is 7.50. The van der Waals surface area contributed by atoms with Crippen LogP contribution >= 0.6 is 15.4 Å². The Labute approximate surface area is 233 Å². The quantitative estimate of drug-likeness (QED) is 0.208. The van der Waals surface area contributed by atoms with Crippen molar-refractivity contribution >= 4 is 49.4 Å². The minimum Gasteiger partial charge on any atom is -0.778 e. The first-order valence-electron chi connectivity index (χ1n) is 12.3. The van der Waals surface area contributed by atoms with Crippen molar-refractivity contribution in [2.24, 2.45) is 0 Å². The highest BCUT2D eigenvalue weighted by atomic mass is 31.2. The number of anilines is 2. The molecule has 20 heteroatoms. The van der Waals surface area contributed by atoms with Crippen LogP contribution in [-0.2, 0) is 41.2 Å². The predicted molar refractivity (Wildman–Crippen MR) is 142 cm³/mol. The molecule has 0 saturated carbocycles. The second-order valence-corrected chi connectivity index (χ2v) is 12.6. The minimum atomic E-state index is -4.41. The Morgan fingerprint density at radius 1 is 0.927 bits per heavy atom. The summed E-state index contributed by atoms with van der Waals surface area (Å²) in [6.07, 6.45) is 3.99. The van der Waals surface area contributed by atoms with Gasteiger partial charge in [0.1, 0.15) is 50.2 Å². The van der Waals surface area contributed by atoms with Gasteiger partial charge in [0.25, 0.3) is 0 Å². The molecule has 6 rings (SSSR count). The monoisotopic (exact) mass is 610 g/mol. The van der Waals surface area contributed by atoms with Gasteiger partial charge in [-0.15, -0.1) is 0 Å². The number of rotatable bonds is 8. The normalized spacial score (nSPS) is 24.3. The van der Waals surface area contributed by atoms with Crippen LogP contribution in [0.3, 0.4) is 0 Å². The molecule has 6 heterocycles. The van der Waals surface area contributed by atoms with Crippen LogP contribution < -0.4 is 16.4 Å². The molecular weight excluding hydrogens is 582 g/mol. The number of fused-ring (bicyclic) bond motifs is 2.